The Balaban J connectivity index is 2.03. The minimum absolute atomic E-state index is 0.0182. The zero-order valence-corrected chi connectivity index (χ0v) is 22.7. The van der Waals surface area contributed by atoms with Crippen LogP contribution in [0.5, 0.6) is 11.5 Å². The summed E-state index contributed by atoms with van der Waals surface area (Å²) >= 11 is 0. The third-order valence-corrected chi connectivity index (χ3v) is 7.88. The first-order valence-electron chi connectivity index (χ1n) is 11.8. The normalized spacial score (nSPS) is 16.1. The lowest BCUT2D eigenvalue weighted by molar-refractivity contribution is -0.257. The lowest BCUT2D eigenvalue weighted by Gasteiger charge is -2.37. The van der Waals surface area contributed by atoms with Crippen LogP contribution in [0.25, 0.3) is 0 Å². The van der Waals surface area contributed by atoms with E-state index in [-0.39, 0.29) is 40.6 Å². The number of halogens is 4. The van der Waals surface area contributed by atoms with Crippen molar-refractivity contribution in [3.63, 3.8) is 0 Å². The number of nitriles is 1. The molecular weight excluding hydrogens is 544 g/mol. The number of carbonyl (C=O) groups excluding carboxylic acids is 1. The molecule has 0 spiro atoms. The standard InChI is InChI=1S/C26H28F4N2O6S/c1-24(2,15-31)13-17-14-32(39(34,35)18-7-8-19(27)22(12-18)36-5)20-10-16(6-9-21(20)37-17)11-23(33)38-25(3,4)26(28,29)30/h6-10,12,17H,11,13-14H2,1-5H3/t17-/m0/s1. The van der Waals surface area contributed by atoms with Crippen molar-refractivity contribution in [3.05, 3.63) is 47.8 Å². The van der Waals surface area contributed by atoms with Crippen LogP contribution in [0.15, 0.2) is 41.3 Å². The molecule has 2 aromatic rings. The predicted molar refractivity (Wildman–Crippen MR) is 132 cm³/mol. The van der Waals surface area contributed by atoms with Crippen molar-refractivity contribution < 1.29 is 45.0 Å². The number of methoxy groups -OCH3 is 1. The molecule has 2 aromatic carbocycles. The second-order valence-corrected chi connectivity index (χ2v) is 12.1. The molecule has 0 amide bonds. The molecule has 0 bridgehead atoms. The van der Waals surface area contributed by atoms with Gasteiger partial charge in [-0.05, 0) is 57.5 Å². The number of hydrogen-bond acceptors (Lipinski definition) is 7. The van der Waals surface area contributed by atoms with Crippen molar-refractivity contribution in [1.82, 2.24) is 0 Å². The van der Waals surface area contributed by atoms with Gasteiger partial charge in [0.2, 0.25) is 5.60 Å². The van der Waals surface area contributed by atoms with Gasteiger partial charge in [0.1, 0.15) is 11.9 Å². The first-order chi connectivity index (χ1) is 17.9. The number of rotatable bonds is 8. The summed E-state index contributed by atoms with van der Waals surface area (Å²) < 4.78 is 97.4. The Hall–Kier alpha value is -3.53. The molecule has 1 heterocycles. The Labute approximate surface area is 224 Å². The molecule has 1 aliphatic heterocycles. The fraction of sp³-hybridized carbons (Fsp3) is 0.462. The maximum absolute atomic E-state index is 14.0. The molecule has 0 fully saturated rings. The second-order valence-electron chi connectivity index (χ2n) is 10.2. The Kier molecular flexibility index (Phi) is 8.13. The van der Waals surface area contributed by atoms with E-state index in [0.29, 0.717) is 0 Å². The first kappa shape index (κ1) is 30.0. The topological polar surface area (TPSA) is 106 Å². The molecule has 212 valence electrons. The number of fused-ring (bicyclic) bond motifs is 1. The quantitative estimate of drug-likeness (QED) is 0.318. The van der Waals surface area contributed by atoms with E-state index in [1.807, 2.05) is 0 Å². The van der Waals surface area contributed by atoms with Gasteiger partial charge >= 0.3 is 12.1 Å². The Morgan fingerprint density at radius 2 is 1.82 bits per heavy atom. The van der Waals surface area contributed by atoms with Gasteiger partial charge < -0.3 is 14.2 Å². The summed E-state index contributed by atoms with van der Waals surface area (Å²) in [5.74, 6) is -2.11. The molecule has 0 radical (unpaired) electrons. The van der Waals surface area contributed by atoms with E-state index in [2.05, 4.69) is 10.8 Å². The molecule has 0 aliphatic carbocycles. The number of hydrogen-bond donors (Lipinski definition) is 0. The molecule has 0 saturated carbocycles. The van der Waals surface area contributed by atoms with E-state index < -0.39 is 51.5 Å². The summed E-state index contributed by atoms with van der Waals surface area (Å²) in [4.78, 5) is 12.0. The molecule has 0 unspecified atom stereocenters. The van der Waals surface area contributed by atoms with E-state index in [1.165, 1.54) is 25.3 Å². The zero-order valence-electron chi connectivity index (χ0n) is 21.9. The first-order valence-corrected chi connectivity index (χ1v) is 13.2. The number of nitrogens with zero attached hydrogens (tertiary/aromatic N) is 2. The van der Waals surface area contributed by atoms with Gasteiger partial charge in [-0.3, -0.25) is 9.10 Å². The van der Waals surface area contributed by atoms with Gasteiger partial charge in [0, 0.05) is 12.5 Å². The molecule has 1 aliphatic rings. The molecule has 0 N–H and O–H groups in total. The van der Waals surface area contributed by atoms with Crippen LogP contribution >= 0.6 is 0 Å². The molecule has 0 aromatic heterocycles. The number of alkyl halides is 3. The van der Waals surface area contributed by atoms with Crippen molar-refractivity contribution in [2.24, 2.45) is 5.41 Å². The summed E-state index contributed by atoms with van der Waals surface area (Å²) in [6, 6.07) is 9.28. The van der Waals surface area contributed by atoms with Crippen molar-refractivity contribution in [2.45, 2.75) is 63.3 Å². The van der Waals surface area contributed by atoms with Gasteiger partial charge in [0.15, 0.2) is 11.6 Å². The number of carbonyl (C=O) groups is 1. The monoisotopic (exact) mass is 572 g/mol. The average Bonchev–Trinajstić information content (AvgIpc) is 2.82. The van der Waals surface area contributed by atoms with E-state index in [9.17, 15) is 36.0 Å². The van der Waals surface area contributed by atoms with E-state index in [4.69, 9.17) is 9.47 Å². The summed E-state index contributed by atoms with van der Waals surface area (Å²) in [6.07, 6.45) is -5.94. The number of benzene rings is 2. The maximum atomic E-state index is 14.0. The molecule has 8 nitrogen and oxygen atoms in total. The lowest BCUT2D eigenvalue weighted by atomic mass is 9.88. The average molecular weight is 573 g/mol. The van der Waals surface area contributed by atoms with Crippen molar-refractivity contribution >= 4 is 21.7 Å². The van der Waals surface area contributed by atoms with Crippen LogP contribution < -0.4 is 13.8 Å². The number of ether oxygens (including phenoxy) is 3. The smallest absolute Gasteiger partial charge is 0.427 e. The van der Waals surface area contributed by atoms with Crippen LogP contribution in [0, 0.1) is 22.6 Å². The van der Waals surface area contributed by atoms with Crippen LogP contribution in [0.2, 0.25) is 0 Å². The number of esters is 1. The summed E-state index contributed by atoms with van der Waals surface area (Å²) in [6.45, 7) is 4.56. The number of sulfonamides is 1. The fourth-order valence-electron chi connectivity index (χ4n) is 3.89. The van der Waals surface area contributed by atoms with Gasteiger partial charge in [0.05, 0.1) is 42.1 Å². The highest BCUT2D eigenvalue weighted by Crippen LogP contribution is 2.41. The van der Waals surface area contributed by atoms with Crippen molar-refractivity contribution in [1.29, 1.82) is 5.26 Å². The number of anilines is 1. The molecule has 0 saturated heterocycles. The lowest BCUT2D eigenvalue weighted by Crippen LogP contribution is -2.45. The van der Waals surface area contributed by atoms with Gasteiger partial charge in [-0.2, -0.15) is 18.4 Å². The van der Waals surface area contributed by atoms with E-state index in [0.717, 1.165) is 36.4 Å². The highest BCUT2D eigenvalue weighted by Gasteiger charge is 2.50. The third-order valence-electron chi connectivity index (χ3n) is 6.11. The van der Waals surface area contributed by atoms with Gasteiger partial charge in [-0.1, -0.05) is 6.07 Å². The van der Waals surface area contributed by atoms with Gasteiger partial charge in [-0.25, -0.2) is 12.8 Å². The van der Waals surface area contributed by atoms with Crippen molar-refractivity contribution in [3.8, 4) is 17.6 Å². The maximum Gasteiger partial charge on any atom is 0.427 e. The second kappa shape index (κ2) is 10.6. The largest absolute Gasteiger partial charge is 0.494 e. The zero-order chi connectivity index (χ0) is 29.4. The van der Waals surface area contributed by atoms with Crippen molar-refractivity contribution in [2.75, 3.05) is 18.0 Å². The Morgan fingerprint density at radius 3 is 2.41 bits per heavy atom. The predicted octanol–water partition coefficient (Wildman–Crippen LogP) is 5.16. The summed E-state index contributed by atoms with van der Waals surface area (Å²) in [7, 11) is -3.17. The summed E-state index contributed by atoms with van der Waals surface area (Å²) in [5.41, 5.74) is -3.39. The van der Waals surface area contributed by atoms with Crippen LogP contribution in [0.4, 0.5) is 23.2 Å². The van der Waals surface area contributed by atoms with E-state index >= 15 is 0 Å². The molecule has 1 atom stereocenters. The van der Waals surface area contributed by atoms with Crippen LogP contribution in [0.3, 0.4) is 0 Å². The van der Waals surface area contributed by atoms with Crippen LogP contribution in [-0.2, 0) is 26.0 Å². The molecule has 39 heavy (non-hydrogen) atoms. The third kappa shape index (κ3) is 6.55. The minimum Gasteiger partial charge on any atom is -0.494 e. The van der Waals surface area contributed by atoms with Gasteiger partial charge in [-0.15, -0.1) is 0 Å². The fourth-order valence-corrected chi connectivity index (χ4v) is 5.40. The molecular formula is C26H28F4N2O6S. The molecule has 13 heteroatoms. The van der Waals surface area contributed by atoms with E-state index in [1.54, 1.807) is 13.8 Å². The SMILES string of the molecule is COc1cc(S(=O)(=O)N2C[C@H](CC(C)(C)C#N)Oc3ccc(CC(=O)OC(C)(C)C(F)(F)F)cc32)ccc1F. The minimum atomic E-state index is -4.79. The van der Waals surface area contributed by atoms with Gasteiger partial charge in [0.25, 0.3) is 10.0 Å². The van der Waals surface area contributed by atoms with Crippen LogP contribution in [0.1, 0.15) is 39.7 Å². The highest BCUT2D eigenvalue weighted by atomic mass is 32.2. The summed E-state index contributed by atoms with van der Waals surface area (Å²) in [5, 5.41) is 9.46. The Bertz CT molecular complexity index is 1400. The Morgan fingerprint density at radius 1 is 1.15 bits per heavy atom. The van der Waals surface area contributed by atoms with Crippen LogP contribution in [-0.4, -0.2) is 45.9 Å². The molecule has 3 rings (SSSR count). The highest BCUT2D eigenvalue weighted by molar-refractivity contribution is 7.92.